The molecule has 0 fully saturated rings. The van der Waals surface area contributed by atoms with Crippen LogP contribution in [0.2, 0.25) is 0 Å². The Balaban J connectivity index is 2.29. The van der Waals surface area contributed by atoms with E-state index in [-0.39, 0.29) is 4.99 Å². The van der Waals surface area contributed by atoms with Crippen LogP contribution in [0, 0.1) is 17.5 Å². The summed E-state index contributed by atoms with van der Waals surface area (Å²) in [6, 6.07) is 7.57. The molecule has 0 bridgehead atoms. The van der Waals surface area contributed by atoms with E-state index in [2.05, 4.69) is 5.32 Å². The number of rotatable bonds is 3. The number of benzene rings is 2. The molecule has 2 aromatic carbocycles. The van der Waals surface area contributed by atoms with Gasteiger partial charge in [-0.25, -0.2) is 13.2 Å². The number of hydrogen-bond acceptors (Lipinski definition) is 2. The van der Waals surface area contributed by atoms with Crippen LogP contribution in [-0.4, -0.2) is 4.99 Å². The molecule has 0 aromatic heterocycles. The number of halogens is 3. The lowest BCUT2D eigenvalue weighted by molar-refractivity contribution is 0.549. The molecule has 0 aliphatic rings. The maximum atomic E-state index is 13.4. The zero-order chi connectivity index (χ0) is 14.0. The van der Waals surface area contributed by atoms with Gasteiger partial charge in [0.15, 0.2) is 11.6 Å². The number of nitrogens with two attached hydrogens (primary N) is 1. The van der Waals surface area contributed by atoms with Gasteiger partial charge in [-0.05, 0) is 24.3 Å². The predicted molar refractivity (Wildman–Crippen MR) is 71.9 cm³/mol. The van der Waals surface area contributed by atoms with Crippen LogP contribution in [0.25, 0.3) is 0 Å². The molecule has 0 spiro atoms. The summed E-state index contributed by atoms with van der Waals surface area (Å²) in [5, 5.41) is 2.53. The summed E-state index contributed by atoms with van der Waals surface area (Å²) in [6.45, 7) is 0. The van der Waals surface area contributed by atoms with Crippen molar-refractivity contribution in [3.05, 3.63) is 59.4 Å². The first-order valence-electron chi connectivity index (χ1n) is 5.29. The molecule has 2 rings (SSSR count). The fourth-order valence-corrected chi connectivity index (χ4v) is 1.66. The van der Waals surface area contributed by atoms with Gasteiger partial charge in [-0.3, -0.25) is 0 Å². The van der Waals surface area contributed by atoms with E-state index in [0.29, 0.717) is 23.4 Å². The van der Waals surface area contributed by atoms with Crippen LogP contribution >= 0.6 is 12.2 Å². The van der Waals surface area contributed by atoms with E-state index in [9.17, 15) is 13.2 Å². The molecular weight excluding hydrogens is 273 g/mol. The molecule has 0 heterocycles. The quantitative estimate of drug-likeness (QED) is 0.846. The van der Waals surface area contributed by atoms with Crippen molar-refractivity contribution in [1.29, 1.82) is 0 Å². The number of hydrogen-bond donors (Lipinski definition) is 2. The topological polar surface area (TPSA) is 38.0 Å². The van der Waals surface area contributed by atoms with Crippen LogP contribution in [0.1, 0.15) is 5.56 Å². The number of thiocarbonyl (C=S) groups is 1. The van der Waals surface area contributed by atoms with Gasteiger partial charge in [-0.1, -0.05) is 12.2 Å². The van der Waals surface area contributed by atoms with E-state index < -0.39 is 23.1 Å². The zero-order valence-electron chi connectivity index (χ0n) is 9.58. The van der Waals surface area contributed by atoms with Gasteiger partial charge in [0.25, 0.3) is 0 Å². The molecule has 3 N–H and O–H groups in total. The fourth-order valence-electron chi connectivity index (χ4n) is 1.52. The van der Waals surface area contributed by atoms with Gasteiger partial charge < -0.3 is 11.1 Å². The molecule has 6 heteroatoms. The largest absolute Gasteiger partial charge is 0.389 e. The van der Waals surface area contributed by atoms with Crippen molar-refractivity contribution in [3.63, 3.8) is 0 Å². The third-order valence-electron chi connectivity index (χ3n) is 2.45. The lowest BCUT2D eigenvalue weighted by Gasteiger charge is -2.09. The van der Waals surface area contributed by atoms with Crippen LogP contribution in [0.15, 0.2) is 36.4 Å². The second kappa shape index (κ2) is 5.27. The van der Waals surface area contributed by atoms with E-state index in [1.807, 2.05) is 0 Å². The fraction of sp³-hybridized carbons (Fsp3) is 0. The minimum absolute atomic E-state index is 0.227. The average molecular weight is 282 g/mol. The molecule has 19 heavy (non-hydrogen) atoms. The van der Waals surface area contributed by atoms with Crippen molar-refractivity contribution in [1.82, 2.24) is 0 Å². The molecule has 0 atom stereocenters. The number of anilines is 2. The van der Waals surface area contributed by atoms with Gasteiger partial charge in [-0.15, -0.1) is 0 Å². The standard InChI is InChI=1S/C13H9F3N2S/c14-8-5-10(15)12(11(16)6-8)18-9-3-1-7(2-4-9)13(17)19/h1-6,18H,(H2,17,19). The summed E-state index contributed by atoms with van der Waals surface area (Å²) < 4.78 is 39.6. The van der Waals surface area contributed by atoms with Crippen molar-refractivity contribution in [3.8, 4) is 0 Å². The van der Waals surface area contributed by atoms with Crippen LogP contribution in [0.3, 0.4) is 0 Å². The second-order valence-corrected chi connectivity index (χ2v) is 4.25. The molecule has 98 valence electrons. The molecule has 0 saturated carbocycles. The smallest absolute Gasteiger partial charge is 0.152 e. The number of nitrogens with one attached hydrogen (secondary N) is 1. The van der Waals surface area contributed by atoms with Crippen LogP contribution in [0.5, 0.6) is 0 Å². The Hall–Kier alpha value is -2.08. The zero-order valence-corrected chi connectivity index (χ0v) is 10.4. The molecule has 0 aliphatic heterocycles. The monoisotopic (exact) mass is 282 g/mol. The highest BCUT2D eigenvalue weighted by Crippen LogP contribution is 2.24. The minimum Gasteiger partial charge on any atom is -0.389 e. The van der Waals surface area contributed by atoms with Gasteiger partial charge in [0.05, 0.1) is 0 Å². The third kappa shape index (κ3) is 3.03. The first kappa shape index (κ1) is 13.4. The Morgan fingerprint density at radius 1 is 1.00 bits per heavy atom. The first-order chi connectivity index (χ1) is 8.97. The highest BCUT2D eigenvalue weighted by molar-refractivity contribution is 7.80. The van der Waals surface area contributed by atoms with Crippen molar-refractivity contribution < 1.29 is 13.2 Å². The average Bonchev–Trinajstić information content (AvgIpc) is 2.34. The van der Waals surface area contributed by atoms with E-state index in [4.69, 9.17) is 18.0 Å². The molecule has 0 unspecified atom stereocenters. The normalized spacial score (nSPS) is 10.3. The highest BCUT2D eigenvalue weighted by atomic mass is 32.1. The lowest BCUT2D eigenvalue weighted by atomic mass is 10.2. The molecule has 2 aromatic rings. The molecule has 2 nitrogen and oxygen atoms in total. The van der Waals surface area contributed by atoms with Gasteiger partial charge in [0.2, 0.25) is 0 Å². The van der Waals surface area contributed by atoms with Gasteiger partial charge in [0, 0.05) is 23.4 Å². The van der Waals surface area contributed by atoms with Crippen LogP contribution in [0.4, 0.5) is 24.5 Å². The molecule has 0 aliphatic carbocycles. The van der Waals surface area contributed by atoms with Gasteiger partial charge in [-0.2, -0.15) is 0 Å². The lowest BCUT2D eigenvalue weighted by Crippen LogP contribution is -2.09. The van der Waals surface area contributed by atoms with Crippen molar-refractivity contribution in [2.45, 2.75) is 0 Å². The maximum absolute atomic E-state index is 13.4. The summed E-state index contributed by atoms with van der Waals surface area (Å²) in [5.74, 6) is -2.98. The molecule has 0 amide bonds. The van der Waals surface area contributed by atoms with Crippen molar-refractivity contribution in [2.24, 2.45) is 5.73 Å². The van der Waals surface area contributed by atoms with E-state index >= 15 is 0 Å². The van der Waals surface area contributed by atoms with Crippen molar-refractivity contribution >= 4 is 28.6 Å². The Bertz CT molecular complexity index is 603. The summed E-state index contributed by atoms with van der Waals surface area (Å²) in [6.07, 6.45) is 0. The maximum Gasteiger partial charge on any atom is 0.152 e. The van der Waals surface area contributed by atoms with E-state index in [1.165, 1.54) is 0 Å². The molecular formula is C13H9F3N2S. The first-order valence-corrected chi connectivity index (χ1v) is 5.69. The van der Waals surface area contributed by atoms with Crippen LogP contribution < -0.4 is 11.1 Å². The molecule has 0 saturated heterocycles. The van der Waals surface area contributed by atoms with Gasteiger partial charge >= 0.3 is 0 Å². The predicted octanol–water partition coefficient (Wildman–Crippen LogP) is 3.48. The van der Waals surface area contributed by atoms with Gasteiger partial charge in [0.1, 0.15) is 16.5 Å². The van der Waals surface area contributed by atoms with Crippen molar-refractivity contribution in [2.75, 3.05) is 5.32 Å². The summed E-state index contributed by atoms with van der Waals surface area (Å²) in [5.41, 5.74) is 6.09. The summed E-state index contributed by atoms with van der Waals surface area (Å²) >= 11 is 4.79. The Labute approximate surface area is 113 Å². The SMILES string of the molecule is NC(=S)c1ccc(Nc2c(F)cc(F)cc2F)cc1. The van der Waals surface area contributed by atoms with E-state index in [0.717, 1.165) is 0 Å². The third-order valence-corrected chi connectivity index (χ3v) is 2.68. The van der Waals surface area contributed by atoms with E-state index in [1.54, 1.807) is 24.3 Å². The minimum atomic E-state index is -1.00. The summed E-state index contributed by atoms with van der Waals surface area (Å²) in [4.78, 5) is 0.227. The Morgan fingerprint density at radius 2 is 1.53 bits per heavy atom. The molecule has 0 radical (unpaired) electrons. The van der Waals surface area contributed by atoms with Crippen LogP contribution in [-0.2, 0) is 0 Å². The Morgan fingerprint density at radius 3 is 2.00 bits per heavy atom. The summed E-state index contributed by atoms with van der Waals surface area (Å²) in [7, 11) is 0. The Kier molecular flexibility index (Phi) is 3.71. The highest BCUT2D eigenvalue weighted by Gasteiger charge is 2.11. The second-order valence-electron chi connectivity index (χ2n) is 3.81.